The van der Waals surface area contributed by atoms with E-state index >= 15 is 0 Å². The number of hydrogen-bond donors (Lipinski definition) is 4. The molecule has 200 valence electrons. The molecule has 0 fully saturated rings. The Bertz CT molecular complexity index is 1440. The number of rotatable bonds is 6. The van der Waals surface area contributed by atoms with Gasteiger partial charge in [-0.15, -0.1) is 3.89 Å². The van der Waals surface area contributed by atoms with Gasteiger partial charge in [-0.2, -0.15) is 21.8 Å². The van der Waals surface area contributed by atoms with Gasteiger partial charge in [0.15, 0.2) is 0 Å². The van der Waals surface area contributed by atoms with Crippen LogP contribution in [0.15, 0.2) is 69.5 Å². The van der Waals surface area contributed by atoms with E-state index in [9.17, 15) is 25.5 Å². The van der Waals surface area contributed by atoms with Crippen LogP contribution in [0.2, 0.25) is 0 Å². The first-order chi connectivity index (χ1) is 17.0. The quantitative estimate of drug-likeness (QED) is 0.234. The summed E-state index contributed by atoms with van der Waals surface area (Å²) in [6.45, 7) is 5.08. The monoisotopic (exact) mass is 554 g/mol. The molecule has 0 aromatic heterocycles. The number of carbonyl (C=O) groups is 1. The van der Waals surface area contributed by atoms with Crippen LogP contribution >= 0.6 is 0 Å². The van der Waals surface area contributed by atoms with E-state index in [2.05, 4.69) is 15.3 Å². The van der Waals surface area contributed by atoms with Crippen molar-refractivity contribution in [3.63, 3.8) is 0 Å². The summed E-state index contributed by atoms with van der Waals surface area (Å²) in [4.78, 5) is 21.6. The lowest BCUT2D eigenvalue weighted by atomic mass is 10.1. The van der Waals surface area contributed by atoms with Crippen molar-refractivity contribution in [2.75, 3.05) is 16.0 Å². The molecule has 1 aliphatic rings. The summed E-state index contributed by atoms with van der Waals surface area (Å²) in [7, 11) is -8.44. The zero-order chi connectivity index (χ0) is 28.0. The largest absolute Gasteiger partial charge is 0.369 e. The minimum absolute atomic E-state index is 0.116. The van der Waals surface area contributed by atoms with Crippen LogP contribution in [-0.4, -0.2) is 50.6 Å². The molecule has 0 saturated heterocycles. The lowest BCUT2D eigenvalue weighted by Gasteiger charge is -2.38. The predicted octanol–water partition coefficient (Wildman–Crippen LogP) is 2.08. The zero-order valence-electron chi connectivity index (χ0n) is 20.2. The Morgan fingerprint density at radius 3 is 2.08 bits per heavy atom. The number of nitrogens with one attached hydrogen (secondary N) is 1. The fourth-order valence-corrected chi connectivity index (χ4v) is 3.50. The molecule has 0 radical (unpaired) electrons. The van der Waals surface area contributed by atoms with Crippen LogP contribution in [-0.2, 0) is 25.1 Å². The Hall–Kier alpha value is -3.82. The Labute approximate surface area is 214 Å². The molecule has 0 atom stereocenters. The number of carbonyl (C=O) groups excluding carboxylic acids is 1. The summed E-state index contributed by atoms with van der Waals surface area (Å²) < 4.78 is 61.5. The molecule has 0 unspecified atom stereocenters. The summed E-state index contributed by atoms with van der Waals surface area (Å²) in [6, 6.07) is 12.0. The highest BCUT2D eigenvalue weighted by Crippen LogP contribution is 2.27. The standard InChI is InChI=1S/C20H21FN6O3S.C2H6O3S/c1-20(2)26-18(22)25-19(23)27(20)15-8-3-13(4-9-15)5-12-17(28)24-14-6-10-16(11-7-14)31(21,29)30;1-2-6(3,4)5/h3-12H,1-2H3,(H,24,28)(H4,22,23,25,26);2H2,1H3,(H,3,4,5)/b12-5+;. The summed E-state index contributed by atoms with van der Waals surface area (Å²) in [5, 5.41) is 2.56. The third-order valence-corrected chi connectivity index (χ3v) is 6.31. The van der Waals surface area contributed by atoms with Crippen LogP contribution in [0.4, 0.5) is 15.3 Å². The average Bonchev–Trinajstić information content (AvgIpc) is 2.77. The molecule has 0 saturated carbocycles. The number of aliphatic imine (C=N–C) groups is 2. The second-order valence-electron chi connectivity index (χ2n) is 8.02. The smallest absolute Gasteiger partial charge is 0.332 e. The first-order valence-electron chi connectivity index (χ1n) is 10.6. The van der Waals surface area contributed by atoms with Crippen LogP contribution in [0.1, 0.15) is 26.3 Å². The van der Waals surface area contributed by atoms with E-state index in [-0.39, 0.29) is 17.7 Å². The van der Waals surface area contributed by atoms with Gasteiger partial charge in [0, 0.05) is 17.5 Å². The molecule has 12 nitrogen and oxygen atoms in total. The van der Waals surface area contributed by atoms with Crippen molar-refractivity contribution in [2.24, 2.45) is 21.5 Å². The molecule has 3 rings (SSSR count). The highest BCUT2D eigenvalue weighted by molar-refractivity contribution is 7.86. The molecular weight excluding hydrogens is 527 g/mol. The lowest BCUT2D eigenvalue weighted by Crippen LogP contribution is -2.54. The molecule has 2 aromatic carbocycles. The van der Waals surface area contributed by atoms with E-state index in [0.717, 1.165) is 23.4 Å². The Kier molecular flexibility index (Phi) is 9.13. The molecular formula is C22H27FN6O6S2. The van der Waals surface area contributed by atoms with Crippen molar-refractivity contribution < 1.29 is 30.1 Å². The van der Waals surface area contributed by atoms with Crippen molar-refractivity contribution in [3.8, 4) is 0 Å². The third-order valence-electron chi connectivity index (χ3n) is 4.74. The van der Waals surface area contributed by atoms with Gasteiger partial charge in [0.05, 0.1) is 10.6 Å². The molecule has 1 amide bonds. The number of anilines is 2. The normalized spacial score (nSPS) is 15.3. The van der Waals surface area contributed by atoms with Crippen LogP contribution in [0.3, 0.4) is 0 Å². The second kappa shape index (κ2) is 11.5. The number of amides is 1. The number of nitrogens with two attached hydrogens (primary N) is 2. The van der Waals surface area contributed by atoms with Crippen molar-refractivity contribution >= 4 is 55.6 Å². The second-order valence-corrected chi connectivity index (χ2v) is 11.1. The van der Waals surface area contributed by atoms with Gasteiger partial charge < -0.3 is 16.8 Å². The Balaban J connectivity index is 0.000000717. The zero-order valence-corrected chi connectivity index (χ0v) is 21.8. The number of nitrogens with zero attached hydrogens (tertiary/aromatic N) is 3. The fourth-order valence-electron chi connectivity index (χ4n) is 3.04. The molecule has 0 aliphatic carbocycles. The van der Waals surface area contributed by atoms with Crippen molar-refractivity contribution in [1.82, 2.24) is 0 Å². The van der Waals surface area contributed by atoms with Crippen LogP contribution in [0, 0.1) is 0 Å². The minimum Gasteiger partial charge on any atom is -0.369 e. The van der Waals surface area contributed by atoms with Crippen molar-refractivity contribution in [1.29, 1.82) is 0 Å². The molecule has 2 aromatic rings. The van der Waals surface area contributed by atoms with E-state index < -0.39 is 36.8 Å². The van der Waals surface area contributed by atoms with Crippen LogP contribution in [0.5, 0.6) is 0 Å². The van der Waals surface area contributed by atoms with E-state index in [1.54, 1.807) is 23.1 Å². The average molecular weight is 555 g/mol. The van der Waals surface area contributed by atoms with Gasteiger partial charge in [-0.1, -0.05) is 12.1 Å². The lowest BCUT2D eigenvalue weighted by molar-refractivity contribution is -0.111. The SMILES string of the molecule is CC1(C)N=C(N)N=C(N)N1c1ccc(/C=C/C(=O)Nc2ccc(S(=O)(=O)F)cc2)cc1.CCS(=O)(=O)O. The highest BCUT2D eigenvalue weighted by atomic mass is 32.3. The number of hydrogen-bond acceptors (Lipinski definition) is 10. The summed E-state index contributed by atoms with van der Waals surface area (Å²) in [5.41, 5.74) is 12.8. The van der Waals surface area contributed by atoms with E-state index in [1.807, 2.05) is 26.0 Å². The van der Waals surface area contributed by atoms with Gasteiger partial charge in [0.2, 0.25) is 17.8 Å². The maximum atomic E-state index is 12.9. The van der Waals surface area contributed by atoms with Gasteiger partial charge >= 0.3 is 10.2 Å². The fraction of sp³-hybridized carbons (Fsp3) is 0.227. The number of halogens is 1. The minimum atomic E-state index is -4.78. The van der Waals surface area contributed by atoms with E-state index in [0.29, 0.717) is 5.69 Å². The predicted molar refractivity (Wildman–Crippen MR) is 141 cm³/mol. The van der Waals surface area contributed by atoms with Crippen LogP contribution < -0.4 is 21.7 Å². The number of benzene rings is 2. The first-order valence-corrected chi connectivity index (χ1v) is 13.6. The molecule has 15 heteroatoms. The van der Waals surface area contributed by atoms with Crippen LogP contribution in [0.25, 0.3) is 6.08 Å². The van der Waals surface area contributed by atoms with Gasteiger partial charge in [-0.25, -0.2) is 4.99 Å². The van der Waals surface area contributed by atoms with E-state index in [4.69, 9.17) is 16.0 Å². The van der Waals surface area contributed by atoms with Gasteiger partial charge in [-0.05, 0) is 68.8 Å². The first kappa shape index (κ1) is 29.4. The topological polar surface area (TPSA) is 198 Å². The number of guanidine groups is 2. The van der Waals surface area contributed by atoms with Crippen molar-refractivity contribution in [2.45, 2.75) is 31.3 Å². The van der Waals surface area contributed by atoms with Gasteiger partial charge in [0.25, 0.3) is 10.1 Å². The van der Waals surface area contributed by atoms with Gasteiger partial charge in [-0.3, -0.25) is 14.2 Å². The molecule has 1 heterocycles. The molecule has 1 aliphatic heterocycles. The Morgan fingerprint density at radius 1 is 1.08 bits per heavy atom. The molecule has 6 N–H and O–H groups in total. The summed E-state index contributed by atoms with van der Waals surface area (Å²) in [5.74, 6) is -0.289. The maximum absolute atomic E-state index is 12.9. The third kappa shape index (κ3) is 8.96. The maximum Gasteiger partial charge on any atom is 0.332 e. The summed E-state index contributed by atoms with van der Waals surface area (Å²) >= 11 is 0. The highest BCUT2D eigenvalue weighted by Gasteiger charge is 2.32. The molecule has 37 heavy (non-hydrogen) atoms. The Morgan fingerprint density at radius 2 is 1.62 bits per heavy atom. The molecule has 0 spiro atoms. The van der Waals surface area contributed by atoms with Crippen molar-refractivity contribution in [3.05, 3.63) is 60.2 Å². The molecule has 0 bridgehead atoms. The van der Waals surface area contributed by atoms with E-state index in [1.165, 1.54) is 25.1 Å². The summed E-state index contributed by atoms with van der Waals surface area (Å²) in [6.07, 6.45) is 2.93. The van der Waals surface area contributed by atoms with Gasteiger partial charge in [0.1, 0.15) is 5.66 Å².